The molecule has 14 heteroatoms. The van der Waals surface area contributed by atoms with Crippen molar-refractivity contribution < 1.29 is 40.0 Å². The van der Waals surface area contributed by atoms with Crippen LogP contribution in [-0.2, 0) is 10.0 Å². The van der Waals surface area contributed by atoms with E-state index in [0.717, 1.165) is 0 Å². The number of pyridine rings is 1. The van der Waals surface area contributed by atoms with Crippen LogP contribution in [-0.4, -0.2) is 24.7 Å². The normalized spacial score (nSPS) is 12.5. The molecule has 118 valence electrons. The van der Waals surface area contributed by atoms with Gasteiger partial charge in [-0.3, -0.25) is 10.1 Å². The Balaban J connectivity index is 3.82. The lowest BCUT2D eigenvalue weighted by Gasteiger charge is -2.14. The molecule has 0 aromatic carbocycles. The Morgan fingerprint density at radius 1 is 1.38 bits per heavy atom. The highest BCUT2D eigenvalue weighted by Crippen LogP contribution is 2.40. The Kier molecular flexibility index (Phi) is 4.33. The quantitative estimate of drug-likeness (QED) is 0.504. The maximum absolute atomic E-state index is 12.6. The van der Waals surface area contributed by atoms with Crippen molar-refractivity contribution in [2.24, 2.45) is 5.14 Å². The fraction of sp³-hybridized carbons (Fsp3) is 0.286. The van der Waals surface area contributed by atoms with Gasteiger partial charge in [0.2, 0.25) is 15.8 Å². The van der Waals surface area contributed by atoms with Crippen molar-refractivity contribution in [3.05, 3.63) is 22.0 Å². The zero-order chi connectivity index (χ0) is 16.6. The molecule has 0 aliphatic heterocycles. The molecule has 1 aromatic heterocycles. The first-order valence-electron chi connectivity index (χ1n) is 4.58. The number of nitrogens with zero attached hydrogens (tertiary/aromatic N) is 2. The molecule has 0 fully saturated rings. The second-order valence-electron chi connectivity index (χ2n) is 3.34. The highest BCUT2D eigenvalue weighted by molar-refractivity contribution is 7.89. The minimum atomic E-state index is -5.58. The van der Waals surface area contributed by atoms with Gasteiger partial charge in [0, 0.05) is 0 Å². The Morgan fingerprint density at radius 2 is 1.90 bits per heavy atom. The van der Waals surface area contributed by atoms with E-state index >= 15 is 0 Å². The summed E-state index contributed by atoms with van der Waals surface area (Å²) in [5.74, 6) is -1.97. The highest BCUT2D eigenvalue weighted by Gasteiger charge is 2.41. The van der Waals surface area contributed by atoms with Crippen LogP contribution in [0.3, 0.4) is 0 Å². The third kappa shape index (κ3) is 3.94. The summed E-state index contributed by atoms with van der Waals surface area (Å²) in [6.45, 7) is 0. The minimum Gasteiger partial charge on any atom is -0.397 e. The molecule has 21 heavy (non-hydrogen) atoms. The summed E-state index contributed by atoms with van der Waals surface area (Å²) in [5, 5.41) is 15.1. The number of sulfonamides is 1. The van der Waals surface area contributed by atoms with Gasteiger partial charge in [0.05, 0.1) is 4.92 Å². The van der Waals surface area contributed by atoms with Crippen LogP contribution in [0.1, 0.15) is 12.1 Å². The Morgan fingerprint density at radius 3 is 2.24 bits per heavy atom. The summed E-state index contributed by atoms with van der Waals surface area (Å²) in [5.41, 5.74) is -3.27. The fourth-order valence-electron chi connectivity index (χ4n) is 1.26. The SMILES string of the molecule is NS(=O)(=O)c1c(C(F)F)ncc([N+](=O)[O-])c1OC(F)(F)F. The van der Waals surface area contributed by atoms with Crippen molar-refractivity contribution in [1.29, 1.82) is 0 Å². The van der Waals surface area contributed by atoms with Gasteiger partial charge in [-0.1, -0.05) is 0 Å². The molecule has 0 radical (unpaired) electrons. The molecule has 8 nitrogen and oxygen atoms in total. The van der Waals surface area contributed by atoms with Crippen molar-refractivity contribution >= 4 is 15.7 Å². The summed E-state index contributed by atoms with van der Waals surface area (Å²) in [6.07, 6.45) is -9.22. The van der Waals surface area contributed by atoms with Crippen LogP contribution in [0.15, 0.2) is 11.1 Å². The number of nitro groups is 1. The predicted molar refractivity (Wildman–Crippen MR) is 53.9 cm³/mol. The first-order valence-corrected chi connectivity index (χ1v) is 6.13. The predicted octanol–water partition coefficient (Wildman–Crippen LogP) is 1.47. The number of hydrogen-bond donors (Lipinski definition) is 1. The van der Waals surface area contributed by atoms with Crippen LogP contribution < -0.4 is 9.88 Å². The zero-order valence-electron chi connectivity index (χ0n) is 9.47. The second-order valence-corrected chi connectivity index (χ2v) is 4.84. The lowest BCUT2D eigenvalue weighted by atomic mass is 10.3. The van der Waals surface area contributed by atoms with Gasteiger partial charge in [0.15, 0.2) is 4.90 Å². The highest BCUT2D eigenvalue weighted by atomic mass is 32.2. The summed E-state index contributed by atoms with van der Waals surface area (Å²) < 4.78 is 87.3. The smallest absolute Gasteiger partial charge is 0.397 e. The molecule has 0 aliphatic rings. The first kappa shape index (κ1) is 17.0. The van der Waals surface area contributed by atoms with Crippen molar-refractivity contribution in [1.82, 2.24) is 4.98 Å². The number of rotatable bonds is 4. The molecule has 1 aromatic rings. The monoisotopic (exact) mass is 337 g/mol. The van der Waals surface area contributed by atoms with Gasteiger partial charge in [0.1, 0.15) is 11.9 Å². The van der Waals surface area contributed by atoms with Gasteiger partial charge in [0.25, 0.3) is 6.43 Å². The number of aromatic nitrogens is 1. The molecule has 1 heterocycles. The molecule has 0 saturated heterocycles. The molecule has 0 amide bonds. The molecule has 0 spiro atoms. The van der Waals surface area contributed by atoms with E-state index in [1.54, 1.807) is 0 Å². The van der Waals surface area contributed by atoms with Crippen LogP contribution in [0.4, 0.5) is 27.6 Å². The van der Waals surface area contributed by atoms with E-state index in [0.29, 0.717) is 0 Å². The number of ether oxygens (including phenoxy) is 1. The van der Waals surface area contributed by atoms with Gasteiger partial charge >= 0.3 is 12.0 Å². The van der Waals surface area contributed by atoms with E-state index in [1.807, 2.05) is 0 Å². The lowest BCUT2D eigenvalue weighted by molar-refractivity contribution is -0.389. The Bertz CT molecular complexity index is 674. The van der Waals surface area contributed by atoms with Crippen LogP contribution in [0.25, 0.3) is 0 Å². The van der Waals surface area contributed by atoms with Crippen molar-refractivity contribution in [2.75, 3.05) is 0 Å². The first-order chi connectivity index (χ1) is 9.34. The molecular weight excluding hydrogens is 333 g/mol. The van der Waals surface area contributed by atoms with Gasteiger partial charge in [-0.25, -0.2) is 27.3 Å². The van der Waals surface area contributed by atoms with E-state index in [4.69, 9.17) is 0 Å². The topological polar surface area (TPSA) is 125 Å². The van der Waals surface area contributed by atoms with Crippen molar-refractivity contribution in [2.45, 2.75) is 17.7 Å². The molecular formula is C7H4F5N3O5S. The largest absolute Gasteiger partial charge is 0.573 e. The van der Waals surface area contributed by atoms with E-state index < -0.39 is 49.8 Å². The van der Waals surface area contributed by atoms with Crippen LogP contribution in [0.2, 0.25) is 0 Å². The van der Waals surface area contributed by atoms with E-state index in [2.05, 4.69) is 14.9 Å². The lowest BCUT2D eigenvalue weighted by Crippen LogP contribution is -2.23. The number of hydrogen-bond acceptors (Lipinski definition) is 6. The molecule has 0 unspecified atom stereocenters. The molecule has 1 rings (SSSR count). The average molecular weight is 337 g/mol. The number of halogens is 5. The molecule has 0 bridgehead atoms. The third-order valence-corrected chi connectivity index (χ3v) is 2.87. The molecule has 0 aliphatic carbocycles. The van der Waals surface area contributed by atoms with Gasteiger partial charge < -0.3 is 4.74 Å². The van der Waals surface area contributed by atoms with Crippen LogP contribution in [0, 0.1) is 10.1 Å². The van der Waals surface area contributed by atoms with E-state index in [9.17, 15) is 40.5 Å². The number of nitrogens with two attached hydrogens (primary N) is 1. The standard InChI is InChI=1S/C7H4F5N3O5S/c8-6(9)3-5(21(13,18)19)4(20-7(10,11)12)2(1-14-3)15(16)17/h1,6H,(H2,13,18,19). The molecule has 0 atom stereocenters. The van der Waals surface area contributed by atoms with Gasteiger partial charge in [-0.05, 0) is 0 Å². The summed E-state index contributed by atoms with van der Waals surface area (Å²) in [6, 6.07) is 0. The average Bonchev–Trinajstić information content (AvgIpc) is 2.23. The van der Waals surface area contributed by atoms with Crippen molar-refractivity contribution in [3.63, 3.8) is 0 Å². The van der Waals surface area contributed by atoms with Gasteiger partial charge in [-0.15, -0.1) is 13.2 Å². The van der Waals surface area contributed by atoms with Gasteiger partial charge in [-0.2, -0.15) is 0 Å². The third-order valence-electron chi connectivity index (χ3n) is 1.90. The Labute approximate surface area is 112 Å². The maximum Gasteiger partial charge on any atom is 0.573 e. The summed E-state index contributed by atoms with van der Waals surface area (Å²) in [4.78, 5) is 9.93. The Hall–Kier alpha value is -2.09. The summed E-state index contributed by atoms with van der Waals surface area (Å²) >= 11 is 0. The van der Waals surface area contributed by atoms with E-state index in [-0.39, 0.29) is 6.20 Å². The minimum absolute atomic E-state index is 0.0112. The zero-order valence-corrected chi connectivity index (χ0v) is 10.3. The number of primary sulfonamides is 1. The molecule has 0 saturated carbocycles. The second kappa shape index (κ2) is 5.36. The van der Waals surface area contributed by atoms with Crippen LogP contribution >= 0.6 is 0 Å². The summed E-state index contributed by atoms with van der Waals surface area (Å²) in [7, 11) is -5.21. The van der Waals surface area contributed by atoms with E-state index in [1.165, 1.54) is 0 Å². The number of alkyl halides is 5. The van der Waals surface area contributed by atoms with Crippen molar-refractivity contribution in [3.8, 4) is 5.75 Å². The molecule has 2 N–H and O–H groups in total. The fourth-order valence-corrected chi connectivity index (χ4v) is 2.09. The maximum atomic E-state index is 12.6. The van der Waals surface area contributed by atoms with Crippen LogP contribution in [0.5, 0.6) is 5.75 Å².